The van der Waals surface area contributed by atoms with Gasteiger partial charge in [0, 0.05) is 26.2 Å². The molecule has 2 saturated carbocycles. The highest BCUT2D eigenvalue weighted by Gasteiger charge is 2.31. The molecule has 10 heteroatoms. The van der Waals surface area contributed by atoms with Gasteiger partial charge in [-0.3, -0.25) is 9.48 Å². The number of carboxylic acid groups (broad SMARTS) is 1. The minimum Gasteiger partial charge on any atom is -0.481 e. The molecule has 10 nitrogen and oxygen atoms in total. The molecule has 0 radical (unpaired) electrons. The normalized spacial score (nSPS) is 20.3. The molecule has 0 aliphatic heterocycles. The summed E-state index contributed by atoms with van der Waals surface area (Å²) in [7, 11) is 3.56. The molecule has 178 valence electrons. The molecular formula is C23H31N5O5. The Hall–Kier alpha value is -3.17. The largest absolute Gasteiger partial charge is 0.481 e. The Balaban J connectivity index is 1.40. The Morgan fingerprint density at radius 2 is 2.03 bits per heavy atom. The van der Waals surface area contributed by atoms with Crippen LogP contribution in [0.15, 0.2) is 12.4 Å². The maximum Gasteiger partial charge on any atom is 0.409 e. The van der Waals surface area contributed by atoms with E-state index in [1.54, 1.807) is 43.0 Å². The summed E-state index contributed by atoms with van der Waals surface area (Å²) < 4.78 is 13.1. The lowest BCUT2D eigenvalue weighted by Crippen LogP contribution is -2.34. The van der Waals surface area contributed by atoms with Gasteiger partial charge < -0.3 is 19.5 Å². The first-order valence-electron chi connectivity index (χ1n) is 11.4. The summed E-state index contributed by atoms with van der Waals surface area (Å²) in [5.74, 6) is -0.161. The van der Waals surface area contributed by atoms with E-state index in [1.165, 1.54) is 19.3 Å². The molecule has 2 aliphatic carbocycles. The number of aliphatic carboxylic acids is 1. The van der Waals surface area contributed by atoms with Crippen molar-refractivity contribution in [3.8, 4) is 17.1 Å². The molecule has 0 aromatic carbocycles. The van der Waals surface area contributed by atoms with E-state index in [0.717, 1.165) is 17.8 Å². The fourth-order valence-electron chi connectivity index (χ4n) is 4.37. The van der Waals surface area contributed by atoms with Gasteiger partial charge in [-0.05, 0) is 44.9 Å². The van der Waals surface area contributed by atoms with Crippen molar-refractivity contribution in [1.82, 2.24) is 24.6 Å². The van der Waals surface area contributed by atoms with Crippen LogP contribution in [0.5, 0.6) is 5.88 Å². The predicted octanol–water partition coefficient (Wildman–Crippen LogP) is 3.19. The monoisotopic (exact) mass is 457 g/mol. The molecule has 2 aromatic rings. The average molecular weight is 458 g/mol. The Kier molecular flexibility index (Phi) is 6.80. The molecule has 2 heterocycles. The third kappa shape index (κ3) is 5.26. The van der Waals surface area contributed by atoms with E-state index in [0.29, 0.717) is 42.4 Å². The zero-order chi connectivity index (χ0) is 23.5. The van der Waals surface area contributed by atoms with Crippen molar-refractivity contribution >= 4 is 12.1 Å². The molecule has 0 spiro atoms. The lowest BCUT2D eigenvalue weighted by Gasteiger charge is -2.29. The lowest BCUT2D eigenvalue weighted by atomic mass is 9.85. The van der Waals surface area contributed by atoms with Gasteiger partial charge in [-0.1, -0.05) is 6.42 Å². The van der Waals surface area contributed by atoms with E-state index in [2.05, 4.69) is 15.1 Å². The quantitative estimate of drug-likeness (QED) is 0.642. The smallest absolute Gasteiger partial charge is 0.409 e. The Labute approximate surface area is 192 Å². The molecule has 2 atom stereocenters. The number of hydrogen-bond acceptors (Lipinski definition) is 7. The molecule has 2 fully saturated rings. The molecule has 1 amide bonds. The summed E-state index contributed by atoms with van der Waals surface area (Å²) in [5.41, 5.74) is 2.68. The molecule has 2 aromatic heterocycles. The van der Waals surface area contributed by atoms with Crippen molar-refractivity contribution in [1.29, 1.82) is 0 Å². The fourth-order valence-corrected chi connectivity index (χ4v) is 4.37. The number of amides is 1. The number of aryl methyl sites for hydroxylation is 2. The van der Waals surface area contributed by atoms with Crippen molar-refractivity contribution in [3.05, 3.63) is 23.8 Å². The van der Waals surface area contributed by atoms with Gasteiger partial charge in [-0.2, -0.15) is 5.10 Å². The summed E-state index contributed by atoms with van der Waals surface area (Å²) in [6.07, 6.45) is 8.11. The first-order valence-corrected chi connectivity index (χ1v) is 11.4. The van der Waals surface area contributed by atoms with E-state index in [-0.39, 0.29) is 24.7 Å². The van der Waals surface area contributed by atoms with E-state index in [1.807, 2.05) is 0 Å². The fraction of sp³-hybridized carbons (Fsp3) is 0.609. The summed E-state index contributed by atoms with van der Waals surface area (Å²) >= 11 is 0. The maximum absolute atomic E-state index is 12.4. The zero-order valence-electron chi connectivity index (χ0n) is 19.4. The van der Waals surface area contributed by atoms with E-state index < -0.39 is 5.97 Å². The van der Waals surface area contributed by atoms with Crippen molar-refractivity contribution in [2.24, 2.45) is 18.9 Å². The van der Waals surface area contributed by atoms with Crippen LogP contribution in [0, 0.1) is 18.8 Å². The minimum atomic E-state index is -0.779. The van der Waals surface area contributed by atoms with Gasteiger partial charge in [0.1, 0.15) is 18.4 Å². The van der Waals surface area contributed by atoms with E-state index in [4.69, 9.17) is 9.47 Å². The molecule has 0 bridgehead atoms. The average Bonchev–Trinajstić information content (AvgIpc) is 3.37. The Morgan fingerprint density at radius 3 is 2.67 bits per heavy atom. The van der Waals surface area contributed by atoms with Crippen LogP contribution in [-0.4, -0.2) is 61.5 Å². The number of aromatic nitrogens is 4. The molecule has 2 aliphatic rings. The summed E-state index contributed by atoms with van der Waals surface area (Å²) in [5, 5.41) is 13.5. The van der Waals surface area contributed by atoms with E-state index >= 15 is 0 Å². The number of carboxylic acids is 1. The van der Waals surface area contributed by atoms with E-state index in [9.17, 15) is 14.7 Å². The number of ether oxygens (including phenoxy) is 2. The van der Waals surface area contributed by atoms with Crippen LogP contribution in [-0.2, 0) is 23.2 Å². The molecule has 2 unspecified atom stereocenters. The first kappa shape index (κ1) is 23.0. The maximum atomic E-state index is 12.4. The van der Waals surface area contributed by atoms with Crippen LogP contribution in [0.1, 0.15) is 49.9 Å². The second-order valence-corrected chi connectivity index (χ2v) is 9.09. The molecule has 33 heavy (non-hydrogen) atoms. The Bertz CT molecular complexity index is 1020. The van der Waals surface area contributed by atoms with Gasteiger partial charge in [0.2, 0.25) is 5.88 Å². The van der Waals surface area contributed by atoms with Crippen LogP contribution in [0.3, 0.4) is 0 Å². The molecule has 0 saturated heterocycles. The van der Waals surface area contributed by atoms with Crippen molar-refractivity contribution in [2.75, 3.05) is 13.6 Å². The van der Waals surface area contributed by atoms with Gasteiger partial charge in [0.25, 0.3) is 0 Å². The number of carbonyl (C=O) groups is 2. The molecular weight excluding hydrogens is 426 g/mol. The summed E-state index contributed by atoms with van der Waals surface area (Å²) in [6.45, 7) is 2.61. The van der Waals surface area contributed by atoms with Gasteiger partial charge in [-0.15, -0.1) is 0 Å². The van der Waals surface area contributed by atoms with Gasteiger partial charge in [0.05, 0.1) is 29.7 Å². The third-order valence-electron chi connectivity index (χ3n) is 6.65. The van der Waals surface area contributed by atoms with Crippen LogP contribution in [0.25, 0.3) is 11.3 Å². The second-order valence-electron chi connectivity index (χ2n) is 9.09. The highest BCUT2D eigenvalue weighted by Crippen LogP contribution is 2.31. The van der Waals surface area contributed by atoms with Crippen molar-refractivity contribution in [2.45, 2.75) is 58.2 Å². The predicted molar refractivity (Wildman–Crippen MR) is 119 cm³/mol. The van der Waals surface area contributed by atoms with Crippen LogP contribution < -0.4 is 4.74 Å². The SMILES string of the molecule is Cc1nc(-c2cnn(C)c2COC(=O)N(C)CC2CCC2)cnc1OC1CCC(C(=O)O)C1. The third-order valence-corrected chi connectivity index (χ3v) is 6.65. The van der Waals surface area contributed by atoms with Gasteiger partial charge in [-0.25, -0.2) is 14.8 Å². The Morgan fingerprint density at radius 1 is 1.24 bits per heavy atom. The summed E-state index contributed by atoms with van der Waals surface area (Å²) in [4.78, 5) is 34.3. The number of carbonyl (C=O) groups excluding carboxylic acids is 1. The van der Waals surface area contributed by atoms with Crippen LogP contribution in [0.4, 0.5) is 4.79 Å². The lowest BCUT2D eigenvalue weighted by molar-refractivity contribution is -0.141. The standard InChI is InChI=1S/C23H31N5O5/c1-14-21(33-17-8-7-16(9-17)22(29)30)24-11-19(26-14)18-10-25-28(3)20(18)13-32-23(31)27(2)12-15-5-4-6-15/h10-11,15-17H,4-9,12-13H2,1-3H3,(H,29,30). The first-order chi connectivity index (χ1) is 15.8. The number of hydrogen-bond donors (Lipinski definition) is 1. The number of rotatable bonds is 8. The second kappa shape index (κ2) is 9.76. The van der Waals surface area contributed by atoms with Gasteiger partial charge in [0.15, 0.2) is 0 Å². The highest BCUT2D eigenvalue weighted by atomic mass is 16.6. The zero-order valence-corrected chi connectivity index (χ0v) is 19.4. The summed E-state index contributed by atoms with van der Waals surface area (Å²) in [6, 6.07) is 0. The van der Waals surface area contributed by atoms with Crippen molar-refractivity contribution < 1.29 is 24.2 Å². The van der Waals surface area contributed by atoms with Crippen LogP contribution in [0.2, 0.25) is 0 Å². The van der Waals surface area contributed by atoms with Crippen LogP contribution >= 0.6 is 0 Å². The van der Waals surface area contributed by atoms with Gasteiger partial charge >= 0.3 is 12.1 Å². The molecule has 1 N–H and O–H groups in total. The highest BCUT2D eigenvalue weighted by molar-refractivity contribution is 5.70. The topological polar surface area (TPSA) is 120 Å². The minimum absolute atomic E-state index is 0.0807. The number of nitrogens with zero attached hydrogens (tertiary/aromatic N) is 5. The molecule has 4 rings (SSSR count). The van der Waals surface area contributed by atoms with Crippen molar-refractivity contribution in [3.63, 3.8) is 0 Å².